The summed E-state index contributed by atoms with van der Waals surface area (Å²) in [7, 11) is 1.63. The molecule has 2 aromatic carbocycles. The quantitative estimate of drug-likeness (QED) is 0.758. The van der Waals surface area contributed by atoms with E-state index in [-0.39, 0.29) is 23.7 Å². The Labute approximate surface area is 157 Å². The topological polar surface area (TPSA) is 64.6 Å². The molecule has 136 valence electrons. The number of benzene rings is 2. The fourth-order valence-corrected chi connectivity index (χ4v) is 3.83. The van der Waals surface area contributed by atoms with Gasteiger partial charge in [0.05, 0.1) is 12.4 Å². The summed E-state index contributed by atoms with van der Waals surface area (Å²) in [4.78, 5) is 24.3. The number of carbonyl (C=O) groups is 2. The van der Waals surface area contributed by atoms with Crippen LogP contribution in [0.3, 0.4) is 0 Å². The molecule has 1 heterocycles. The van der Waals surface area contributed by atoms with Crippen molar-refractivity contribution in [1.82, 2.24) is 5.32 Å². The van der Waals surface area contributed by atoms with Crippen molar-refractivity contribution in [2.75, 3.05) is 7.11 Å². The van der Waals surface area contributed by atoms with Gasteiger partial charge in [0.25, 0.3) is 0 Å². The first-order valence-corrected chi connectivity index (χ1v) is 9.46. The average molecular weight is 371 g/mol. The van der Waals surface area contributed by atoms with Gasteiger partial charge in [0, 0.05) is 5.75 Å². The van der Waals surface area contributed by atoms with Crippen LogP contribution in [0, 0.1) is 0 Å². The smallest absolute Gasteiger partial charge is 0.329 e. The largest absolute Gasteiger partial charge is 0.497 e. The van der Waals surface area contributed by atoms with Crippen molar-refractivity contribution >= 4 is 23.6 Å². The summed E-state index contributed by atoms with van der Waals surface area (Å²) < 4.78 is 10.5. The Bertz CT molecular complexity index is 748. The molecule has 1 unspecified atom stereocenters. The molecule has 0 spiro atoms. The highest BCUT2D eigenvalue weighted by Gasteiger charge is 2.37. The Morgan fingerprint density at radius 2 is 1.85 bits per heavy atom. The van der Waals surface area contributed by atoms with Gasteiger partial charge in [0.1, 0.15) is 18.4 Å². The van der Waals surface area contributed by atoms with Crippen LogP contribution in [0.4, 0.5) is 0 Å². The molecule has 1 N–H and O–H groups in total. The van der Waals surface area contributed by atoms with Crippen LogP contribution >= 0.6 is 11.8 Å². The number of hydrogen-bond acceptors (Lipinski definition) is 5. The van der Waals surface area contributed by atoms with Gasteiger partial charge < -0.3 is 14.8 Å². The maximum atomic E-state index is 12.2. The van der Waals surface area contributed by atoms with Crippen molar-refractivity contribution < 1.29 is 19.1 Å². The highest BCUT2D eigenvalue weighted by Crippen LogP contribution is 2.27. The first-order valence-electron chi connectivity index (χ1n) is 8.41. The van der Waals surface area contributed by atoms with E-state index in [0.717, 1.165) is 16.9 Å². The van der Waals surface area contributed by atoms with Crippen LogP contribution in [0.5, 0.6) is 5.75 Å². The molecule has 1 fully saturated rings. The molecule has 1 amide bonds. The summed E-state index contributed by atoms with van der Waals surface area (Å²) in [5.74, 6) is 1.02. The number of hydrogen-bond donors (Lipinski definition) is 1. The standard InChI is InChI=1S/C20H21NO4S/c1-24-16-9-7-15(8-10-16)13-26-18-11-17(21-19(18)22)20(23)25-12-14-5-3-2-4-6-14/h2-10,17-18H,11-13H2,1H3,(H,21,22)/t17-,18?/m0/s1. The van der Waals surface area contributed by atoms with E-state index in [0.29, 0.717) is 12.2 Å². The third-order valence-electron chi connectivity index (χ3n) is 4.18. The van der Waals surface area contributed by atoms with Gasteiger partial charge in [-0.15, -0.1) is 11.8 Å². The first kappa shape index (κ1) is 18.3. The van der Waals surface area contributed by atoms with Gasteiger partial charge >= 0.3 is 5.97 Å². The average Bonchev–Trinajstić information content (AvgIpc) is 3.06. The summed E-state index contributed by atoms with van der Waals surface area (Å²) in [5, 5.41) is 2.50. The zero-order valence-electron chi connectivity index (χ0n) is 14.5. The summed E-state index contributed by atoms with van der Waals surface area (Å²) in [5.41, 5.74) is 2.04. The number of nitrogens with one attached hydrogen (secondary N) is 1. The molecule has 0 aliphatic carbocycles. The van der Waals surface area contributed by atoms with Gasteiger partial charge in [-0.2, -0.15) is 0 Å². The Kier molecular flexibility index (Phi) is 6.17. The minimum Gasteiger partial charge on any atom is -0.497 e. The van der Waals surface area contributed by atoms with Gasteiger partial charge in [0.15, 0.2) is 0 Å². The lowest BCUT2D eigenvalue weighted by molar-refractivity contribution is -0.147. The van der Waals surface area contributed by atoms with Crippen molar-refractivity contribution in [3.63, 3.8) is 0 Å². The summed E-state index contributed by atoms with van der Waals surface area (Å²) >= 11 is 1.53. The van der Waals surface area contributed by atoms with Crippen LogP contribution in [-0.4, -0.2) is 30.3 Å². The van der Waals surface area contributed by atoms with E-state index in [1.54, 1.807) is 7.11 Å². The predicted molar refractivity (Wildman–Crippen MR) is 101 cm³/mol. The zero-order chi connectivity index (χ0) is 18.4. The summed E-state index contributed by atoms with van der Waals surface area (Å²) in [6.45, 7) is 0.218. The van der Waals surface area contributed by atoms with Crippen molar-refractivity contribution in [1.29, 1.82) is 0 Å². The van der Waals surface area contributed by atoms with Crippen LogP contribution in [0.25, 0.3) is 0 Å². The normalized spacial score (nSPS) is 19.0. The molecule has 3 rings (SSSR count). The molecule has 0 saturated carbocycles. The van der Waals surface area contributed by atoms with Crippen LogP contribution in [0.1, 0.15) is 17.5 Å². The van der Waals surface area contributed by atoms with E-state index in [1.165, 1.54) is 11.8 Å². The van der Waals surface area contributed by atoms with Gasteiger partial charge in [0.2, 0.25) is 5.91 Å². The first-order chi connectivity index (χ1) is 12.7. The Morgan fingerprint density at radius 3 is 2.54 bits per heavy atom. The highest BCUT2D eigenvalue weighted by molar-refractivity contribution is 7.99. The maximum absolute atomic E-state index is 12.2. The molecule has 0 aromatic heterocycles. The Balaban J connectivity index is 1.47. The number of carbonyl (C=O) groups excluding carboxylic acids is 2. The van der Waals surface area contributed by atoms with Crippen LogP contribution < -0.4 is 10.1 Å². The minimum absolute atomic E-state index is 0.106. The predicted octanol–water partition coefficient (Wildman–Crippen LogP) is 2.93. The van der Waals surface area contributed by atoms with Crippen molar-refractivity contribution in [3.05, 3.63) is 65.7 Å². The molecule has 6 heteroatoms. The lowest BCUT2D eigenvalue weighted by Crippen LogP contribution is -2.34. The number of methoxy groups -OCH3 is 1. The van der Waals surface area contributed by atoms with Crippen LogP contribution in [0.2, 0.25) is 0 Å². The van der Waals surface area contributed by atoms with Crippen LogP contribution in [-0.2, 0) is 26.7 Å². The van der Waals surface area contributed by atoms with Crippen molar-refractivity contribution in [2.24, 2.45) is 0 Å². The van der Waals surface area contributed by atoms with E-state index in [4.69, 9.17) is 9.47 Å². The molecule has 0 bridgehead atoms. The molecule has 2 atom stereocenters. The van der Waals surface area contributed by atoms with Gasteiger partial charge in [-0.1, -0.05) is 42.5 Å². The zero-order valence-corrected chi connectivity index (χ0v) is 15.3. The number of rotatable bonds is 7. The van der Waals surface area contributed by atoms with E-state index in [9.17, 15) is 9.59 Å². The fourth-order valence-electron chi connectivity index (χ4n) is 2.69. The minimum atomic E-state index is -0.570. The molecule has 1 aliphatic rings. The second-order valence-corrected chi connectivity index (χ2v) is 7.23. The molecular formula is C20H21NO4S. The molecular weight excluding hydrogens is 350 g/mol. The van der Waals surface area contributed by atoms with E-state index in [2.05, 4.69) is 5.32 Å². The molecule has 1 aliphatic heterocycles. The fraction of sp³-hybridized carbons (Fsp3) is 0.300. The number of thioether (sulfide) groups is 1. The third kappa shape index (κ3) is 4.79. The summed E-state index contributed by atoms with van der Waals surface area (Å²) in [6, 6.07) is 16.7. The van der Waals surface area contributed by atoms with Gasteiger partial charge in [-0.3, -0.25) is 4.79 Å². The third-order valence-corrected chi connectivity index (χ3v) is 5.49. The lowest BCUT2D eigenvalue weighted by Gasteiger charge is -2.10. The SMILES string of the molecule is COc1ccc(CSC2C[C@@H](C(=O)OCc3ccccc3)NC2=O)cc1. The van der Waals surface area contributed by atoms with Gasteiger partial charge in [-0.05, 0) is 29.7 Å². The lowest BCUT2D eigenvalue weighted by atomic mass is 10.2. The molecule has 2 aromatic rings. The van der Waals surface area contributed by atoms with Crippen molar-refractivity contribution in [2.45, 2.75) is 30.1 Å². The Hall–Kier alpha value is -2.47. The molecule has 1 saturated heterocycles. The maximum Gasteiger partial charge on any atom is 0.329 e. The Morgan fingerprint density at radius 1 is 1.12 bits per heavy atom. The second kappa shape index (κ2) is 8.76. The number of esters is 1. The molecule has 5 nitrogen and oxygen atoms in total. The van der Waals surface area contributed by atoms with E-state index >= 15 is 0 Å². The summed E-state index contributed by atoms with van der Waals surface area (Å²) in [6.07, 6.45) is 0.452. The molecule has 26 heavy (non-hydrogen) atoms. The number of ether oxygens (including phenoxy) is 2. The van der Waals surface area contributed by atoms with E-state index < -0.39 is 6.04 Å². The molecule has 0 radical (unpaired) electrons. The van der Waals surface area contributed by atoms with Crippen molar-refractivity contribution in [3.8, 4) is 5.75 Å². The van der Waals surface area contributed by atoms with E-state index in [1.807, 2.05) is 54.6 Å². The monoisotopic (exact) mass is 371 g/mol. The second-order valence-electron chi connectivity index (χ2n) is 6.04. The highest BCUT2D eigenvalue weighted by atomic mass is 32.2. The van der Waals surface area contributed by atoms with Crippen LogP contribution in [0.15, 0.2) is 54.6 Å². The van der Waals surface area contributed by atoms with Gasteiger partial charge in [-0.25, -0.2) is 4.79 Å². The number of amides is 1.